The molecule has 0 saturated heterocycles. The van der Waals surface area contributed by atoms with Crippen molar-refractivity contribution in [1.29, 1.82) is 0 Å². The van der Waals surface area contributed by atoms with Crippen LogP contribution in [0.4, 0.5) is 0 Å². The molecule has 2 radical (unpaired) electrons. The van der Waals surface area contributed by atoms with Crippen LogP contribution in [0.2, 0.25) is 0 Å². The zero-order valence-corrected chi connectivity index (χ0v) is 13.4. The van der Waals surface area contributed by atoms with Gasteiger partial charge in [0.25, 0.3) is 0 Å². The topological polar surface area (TPSA) is 12.9 Å². The van der Waals surface area contributed by atoms with Gasteiger partial charge in [0.05, 0.1) is 0 Å². The number of benzene rings is 1. The second kappa shape index (κ2) is 5.22. The third kappa shape index (κ3) is 2.02. The zero-order valence-electron chi connectivity index (χ0n) is 13.4. The second-order valence-corrected chi connectivity index (χ2v) is 7.18. The van der Waals surface area contributed by atoms with Crippen LogP contribution < -0.4 is 0 Å². The normalized spacial score (nSPS) is 27.9. The third-order valence-corrected chi connectivity index (χ3v) is 5.63. The summed E-state index contributed by atoms with van der Waals surface area (Å²) in [6, 6.07) is 17.3. The summed E-state index contributed by atoms with van der Waals surface area (Å²) in [6.45, 7) is 4.80. The number of hydrogen-bond acceptors (Lipinski definition) is 1. The molecule has 112 valence electrons. The van der Waals surface area contributed by atoms with E-state index in [1.165, 1.54) is 30.5 Å². The molecular weight excluding hydrogens is 266 g/mol. The van der Waals surface area contributed by atoms with Gasteiger partial charge in [-0.2, -0.15) is 0 Å². The van der Waals surface area contributed by atoms with Crippen molar-refractivity contribution < 1.29 is 0 Å². The van der Waals surface area contributed by atoms with Crippen LogP contribution in [0, 0.1) is 29.1 Å². The Kier molecular flexibility index (Phi) is 3.32. The van der Waals surface area contributed by atoms with E-state index < -0.39 is 0 Å². The predicted octanol–water partition coefficient (Wildman–Crippen LogP) is 5.08. The van der Waals surface area contributed by atoms with E-state index in [4.69, 9.17) is 4.98 Å². The molecule has 0 N–H and O–H groups in total. The van der Waals surface area contributed by atoms with E-state index in [9.17, 15) is 0 Å². The van der Waals surface area contributed by atoms with E-state index in [0.717, 1.165) is 0 Å². The molecule has 2 aliphatic carbocycles. The van der Waals surface area contributed by atoms with Crippen molar-refractivity contribution in [2.24, 2.45) is 17.3 Å². The summed E-state index contributed by atoms with van der Waals surface area (Å²) in [5, 5.41) is 0. The fourth-order valence-corrected chi connectivity index (χ4v) is 4.95. The lowest BCUT2D eigenvalue weighted by molar-refractivity contribution is 0.433. The predicted molar refractivity (Wildman–Crippen MR) is 90.0 cm³/mol. The third-order valence-electron chi connectivity index (χ3n) is 5.63. The summed E-state index contributed by atoms with van der Waals surface area (Å²) in [7, 11) is 0. The lowest BCUT2D eigenvalue weighted by atomic mass is 9.69. The number of aromatic nitrogens is 1. The Morgan fingerprint density at radius 3 is 2.23 bits per heavy atom. The molecule has 1 heteroatoms. The molecule has 0 amide bonds. The van der Waals surface area contributed by atoms with Crippen LogP contribution in [0.15, 0.2) is 54.7 Å². The number of rotatable bonds is 2. The highest BCUT2D eigenvalue weighted by Gasteiger charge is 2.58. The molecule has 0 spiro atoms. The first-order chi connectivity index (χ1) is 10.7. The largest absolute Gasteiger partial charge is 0.261 e. The molecule has 2 unspecified atom stereocenters. The Balaban J connectivity index is 1.81. The fraction of sp³-hybridized carbons (Fsp3) is 0.381. The first-order valence-electron chi connectivity index (χ1n) is 8.41. The first kappa shape index (κ1) is 14.0. The van der Waals surface area contributed by atoms with Gasteiger partial charge >= 0.3 is 0 Å². The maximum atomic E-state index is 4.69. The minimum atomic E-state index is 0.103. The molecule has 0 bridgehead atoms. The minimum absolute atomic E-state index is 0.103. The van der Waals surface area contributed by atoms with Gasteiger partial charge in [-0.05, 0) is 47.8 Å². The Bertz CT molecular complexity index is 576. The molecule has 2 fully saturated rings. The lowest BCUT2D eigenvalue weighted by Gasteiger charge is -2.34. The average molecular weight is 289 g/mol. The van der Waals surface area contributed by atoms with Gasteiger partial charge in [-0.1, -0.05) is 56.7 Å². The van der Waals surface area contributed by atoms with Crippen LogP contribution in [0.1, 0.15) is 44.4 Å². The number of hydrogen-bond donors (Lipinski definition) is 0. The summed E-state index contributed by atoms with van der Waals surface area (Å²) >= 11 is 0. The van der Waals surface area contributed by atoms with Gasteiger partial charge in [0, 0.05) is 23.7 Å². The van der Waals surface area contributed by atoms with Crippen molar-refractivity contribution >= 4 is 0 Å². The molecular formula is C21H23N. The summed E-state index contributed by atoms with van der Waals surface area (Å²) in [4.78, 5) is 4.69. The van der Waals surface area contributed by atoms with E-state index >= 15 is 0 Å². The van der Waals surface area contributed by atoms with E-state index in [0.29, 0.717) is 11.8 Å². The fourth-order valence-electron chi connectivity index (χ4n) is 4.95. The molecule has 0 aliphatic heterocycles. The smallest absolute Gasteiger partial charge is 0.0483 e. The van der Waals surface area contributed by atoms with Crippen LogP contribution in [0.3, 0.4) is 0 Å². The molecule has 1 aromatic heterocycles. The Hall–Kier alpha value is -1.63. The van der Waals surface area contributed by atoms with Crippen molar-refractivity contribution in [2.45, 2.75) is 33.1 Å². The summed E-state index contributed by atoms with van der Waals surface area (Å²) in [6.07, 6.45) is 5.92. The summed E-state index contributed by atoms with van der Waals surface area (Å²) in [5.41, 5.74) is 2.73. The van der Waals surface area contributed by atoms with Gasteiger partial charge in [-0.3, -0.25) is 4.98 Å². The van der Waals surface area contributed by atoms with Crippen LogP contribution in [0.5, 0.6) is 0 Å². The standard InChI is InChI=1S/C21H23N/c1-21(2)19(15-9-4-3-5-10-15)16-11-8-12-17(16)20(21)18-13-6-7-14-22-18/h3-7,9-10,13-14,16-17H,8,11-12H2,1-2H3. The monoisotopic (exact) mass is 289 g/mol. The highest BCUT2D eigenvalue weighted by molar-refractivity contribution is 5.50. The van der Waals surface area contributed by atoms with Crippen LogP contribution >= 0.6 is 0 Å². The summed E-state index contributed by atoms with van der Waals surface area (Å²) in [5.74, 6) is 4.58. The first-order valence-corrected chi connectivity index (χ1v) is 8.41. The lowest BCUT2D eigenvalue weighted by Crippen LogP contribution is -2.27. The second-order valence-electron chi connectivity index (χ2n) is 7.18. The minimum Gasteiger partial charge on any atom is -0.261 e. The van der Waals surface area contributed by atoms with Gasteiger partial charge in [-0.15, -0.1) is 0 Å². The molecule has 2 aliphatic rings. The number of pyridine rings is 1. The van der Waals surface area contributed by atoms with Crippen molar-refractivity contribution in [3.63, 3.8) is 0 Å². The SMILES string of the molecule is CC1(C)[C](c2ccccc2)C2CCCC2[C]1c1ccccn1. The molecule has 4 rings (SSSR count). The van der Waals surface area contributed by atoms with Crippen molar-refractivity contribution in [3.8, 4) is 0 Å². The molecule has 1 nitrogen and oxygen atoms in total. The van der Waals surface area contributed by atoms with Crippen molar-refractivity contribution in [3.05, 3.63) is 77.8 Å². The molecule has 22 heavy (non-hydrogen) atoms. The van der Waals surface area contributed by atoms with Gasteiger partial charge in [0.2, 0.25) is 0 Å². The van der Waals surface area contributed by atoms with E-state index in [1.54, 1.807) is 11.8 Å². The zero-order chi connectivity index (χ0) is 15.2. The van der Waals surface area contributed by atoms with Crippen molar-refractivity contribution in [1.82, 2.24) is 4.98 Å². The van der Waals surface area contributed by atoms with E-state index in [1.807, 2.05) is 12.3 Å². The van der Waals surface area contributed by atoms with Crippen LogP contribution in [-0.4, -0.2) is 4.98 Å². The summed E-state index contributed by atoms with van der Waals surface area (Å²) < 4.78 is 0. The van der Waals surface area contributed by atoms with Crippen LogP contribution in [0.25, 0.3) is 0 Å². The average Bonchev–Trinajstić information content (AvgIpc) is 3.05. The van der Waals surface area contributed by atoms with Crippen LogP contribution in [-0.2, 0) is 0 Å². The van der Waals surface area contributed by atoms with Gasteiger partial charge in [0.1, 0.15) is 0 Å². The quantitative estimate of drug-likeness (QED) is 0.751. The maximum Gasteiger partial charge on any atom is 0.0483 e. The number of fused-ring (bicyclic) bond motifs is 1. The highest BCUT2D eigenvalue weighted by Crippen LogP contribution is 2.65. The molecule has 2 atom stereocenters. The Labute approximate surface area is 133 Å². The molecule has 1 heterocycles. The highest BCUT2D eigenvalue weighted by atomic mass is 14.7. The maximum absolute atomic E-state index is 4.69. The molecule has 1 aromatic carbocycles. The van der Waals surface area contributed by atoms with Gasteiger partial charge in [-0.25, -0.2) is 0 Å². The van der Waals surface area contributed by atoms with E-state index in [-0.39, 0.29) is 5.41 Å². The molecule has 2 saturated carbocycles. The Morgan fingerprint density at radius 2 is 1.55 bits per heavy atom. The molecule has 2 aromatic rings. The van der Waals surface area contributed by atoms with Gasteiger partial charge < -0.3 is 0 Å². The van der Waals surface area contributed by atoms with E-state index in [2.05, 4.69) is 56.3 Å². The van der Waals surface area contributed by atoms with Gasteiger partial charge in [0.15, 0.2) is 0 Å². The number of nitrogens with zero attached hydrogens (tertiary/aromatic N) is 1. The van der Waals surface area contributed by atoms with Crippen molar-refractivity contribution in [2.75, 3.05) is 0 Å². The Morgan fingerprint density at radius 1 is 0.864 bits per heavy atom.